The van der Waals surface area contributed by atoms with Crippen molar-refractivity contribution >= 4 is 230 Å². The average Bonchev–Trinajstić information content (AvgIpc) is 1.57. The lowest BCUT2D eigenvalue weighted by atomic mass is 9.99. The second kappa shape index (κ2) is 34.6. The molecule has 15 heteroatoms. The van der Waals surface area contributed by atoms with Gasteiger partial charge in [0.05, 0.1) is 78.5 Å². The smallest absolute Gasteiger partial charge is 0.161 e. The zero-order valence-corrected chi connectivity index (χ0v) is 79.6. The lowest BCUT2D eigenvalue weighted by molar-refractivity contribution is 0.670. The number of furan rings is 3. The molecule has 0 bridgehead atoms. The molecule has 21 aromatic carbocycles. The molecule has 31 rings (SSSR count). The van der Waals surface area contributed by atoms with Crippen molar-refractivity contribution in [1.29, 1.82) is 0 Å². The summed E-state index contributed by atoms with van der Waals surface area (Å²) in [6.07, 6.45) is 3.93. The van der Waals surface area contributed by atoms with E-state index in [4.69, 9.17) is 43.2 Å². The van der Waals surface area contributed by atoms with Crippen LogP contribution in [0.5, 0.6) is 0 Å². The van der Waals surface area contributed by atoms with E-state index in [9.17, 15) is 0 Å². The summed E-state index contributed by atoms with van der Waals surface area (Å²) in [4.78, 5) is 36.1. The van der Waals surface area contributed by atoms with Gasteiger partial charge >= 0.3 is 0 Å². The summed E-state index contributed by atoms with van der Waals surface area (Å²) < 4.78 is 30.2. The van der Waals surface area contributed by atoms with Crippen LogP contribution in [0.15, 0.2) is 505 Å². The molecule has 10 aromatic heterocycles. The minimum absolute atomic E-state index is 0.662. The molecule has 147 heavy (non-hydrogen) atoms. The Morgan fingerprint density at radius 1 is 0.224 bits per heavy atom. The molecule has 0 saturated heterocycles. The van der Waals surface area contributed by atoms with E-state index in [1.807, 2.05) is 54.9 Å². The van der Waals surface area contributed by atoms with E-state index in [0.717, 1.165) is 248 Å². The number of aromatic nitrogens is 9. The van der Waals surface area contributed by atoms with Crippen molar-refractivity contribution in [2.24, 2.45) is 0 Å². The van der Waals surface area contributed by atoms with Crippen LogP contribution in [0.4, 0.5) is 34.1 Å². The number of thiophene rings is 1. The third-order valence-corrected chi connectivity index (χ3v) is 29.8. The zero-order valence-electron chi connectivity index (χ0n) is 78.8. The summed E-state index contributed by atoms with van der Waals surface area (Å²) in [5.41, 5.74) is 28.3. The van der Waals surface area contributed by atoms with Gasteiger partial charge in [0.15, 0.2) is 34.2 Å². The first kappa shape index (κ1) is 84.2. The van der Waals surface area contributed by atoms with Gasteiger partial charge in [-0.05, 0) is 156 Å². The summed E-state index contributed by atoms with van der Waals surface area (Å²) >= 11 is 1.75. The highest BCUT2D eigenvalue weighted by atomic mass is 32.1. The molecule has 0 radical (unpaired) electrons. The standard InChI is InChI=1S/C44H26N4O.C44H28N4O.C44H27N3OS/c1-2-14-28(15-3-1)47-37-23-11-8-19-32(37)41-39(47)26-45-44(46-41)34-25-27-13-4-5-16-29(27)43-40(34)33-20-12-24-38(42(33)49-43)48-35-21-9-6-17-30(35)31-18-7-10-22-36(31)48;1-4-16-30(17-5-1)47(31-18-6-2-7-19-31)38-26-14-24-35-40-36(27-29-15-10-11-22-33(29)43(40)49-42(35)38)44-45-28-39-41(46-44)34-23-12-13-25-37(34)48(39)32-20-8-3-9-21-32;1-4-15-28(16-5-1)39-43-40(33-23-12-13-26-37(33)49-43)46-44(45-39)35-27-29-17-10-11-22-32(29)42-38(35)34-24-14-25-36(41(34)48-42)47(30-18-6-2-7-19-30)31-20-8-3-9-21-31/h1-26H;1-28H;1-27H. The van der Waals surface area contributed by atoms with Gasteiger partial charge in [0.1, 0.15) is 27.8 Å². The quantitative estimate of drug-likeness (QED) is 0.109. The lowest BCUT2D eigenvalue weighted by Gasteiger charge is -2.25. The van der Waals surface area contributed by atoms with Gasteiger partial charge in [-0.25, -0.2) is 29.9 Å². The molecule has 0 amide bonds. The number of rotatable bonds is 13. The Bertz CT molecular complexity index is 10500. The van der Waals surface area contributed by atoms with Crippen LogP contribution < -0.4 is 9.80 Å². The van der Waals surface area contributed by atoms with Crippen molar-refractivity contribution < 1.29 is 13.3 Å². The molecule has 0 aliphatic heterocycles. The summed E-state index contributed by atoms with van der Waals surface area (Å²) in [6, 6.07) is 167. The van der Waals surface area contributed by atoms with Gasteiger partial charge in [0.2, 0.25) is 0 Å². The van der Waals surface area contributed by atoms with Gasteiger partial charge in [-0.1, -0.05) is 340 Å². The first-order chi connectivity index (χ1) is 73.0. The minimum Gasteiger partial charge on any atom is -0.453 e. The fraction of sp³-hybridized carbons (Fsp3) is 0. The number of nitrogens with zero attached hydrogens (tertiary/aromatic N) is 11. The summed E-state index contributed by atoms with van der Waals surface area (Å²) in [7, 11) is 0. The first-order valence-electron chi connectivity index (χ1n) is 49.3. The van der Waals surface area contributed by atoms with Gasteiger partial charge in [-0.3, -0.25) is 0 Å². The largest absolute Gasteiger partial charge is 0.453 e. The Labute approximate surface area is 844 Å². The number of fused-ring (bicyclic) bond motifs is 27. The predicted octanol–water partition coefficient (Wildman–Crippen LogP) is 35.9. The van der Waals surface area contributed by atoms with Crippen LogP contribution in [0.1, 0.15) is 0 Å². The molecule has 0 unspecified atom stereocenters. The molecule has 0 spiro atoms. The van der Waals surface area contributed by atoms with Crippen molar-refractivity contribution in [2.75, 3.05) is 9.80 Å². The van der Waals surface area contributed by atoms with Crippen LogP contribution in [0.3, 0.4) is 0 Å². The molecule has 688 valence electrons. The fourth-order valence-electron chi connectivity index (χ4n) is 22.2. The Morgan fingerprint density at radius 3 is 0.973 bits per heavy atom. The number of hydrogen-bond acceptors (Lipinski definition) is 12. The third-order valence-electron chi connectivity index (χ3n) is 28.6. The third kappa shape index (κ3) is 13.8. The van der Waals surface area contributed by atoms with Gasteiger partial charge in [0, 0.05) is 136 Å². The molecule has 0 atom stereocenters. The fourth-order valence-corrected chi connectivity index (χ4v) is 23.4. The van der Waals surface area contributed by atoms with E-state index in [-0.39, 0.29) is 0 Å². The van der Waals surface area contributed by atoms with E-state index in [1.165, 1.54) is 15.5 Å². The molecule has 0 fully saturated rings. The van der Waals surface area contributed by atoms with Gasteiger partial charge in [-0.15, -0.1) is 11.3 Å². The van der Waals surface area contributed by atoms with Crippen molar-refractivity contribution in [3.05, 3.63) is 492 Å². The van der Waals surface area contributed by atoms with E-state index >= 15 is 0 Å². The van der Waals surface area contributed by atoms with Crippen LogP contribution in [0.25, 0.3) is 247 Å². The molecule has 14 nitrogen and oxygen atoms in total. The molecule has 31 aromatic rings. The van der Waals surface area contributed by atoms with Crippen LogP contribution in [-0.2, 0) is 0 Å². The monoisotopic (exact) mass is 1900 g/mol. The van der Waals surface area contributed by atoms with Crippen LogP contribution in [0, 0.1) is 0 Å². The Hall–Kier alpha value is -19.7. The second-order valence-corrected chi connectivity index (χ2v) is 38.0. The second-order valence-electron chi connectivity index (χ2n) is 37.0. The van der Waals surface area contributed by atoms with Crippen molar-refractivity contribution in [3.63, 3.8) is 0 Å². The molecule has 0 aliphatic rings. The molecule has 0 aliphatic carbocycles. The Kier molecular flexibility index (Phi) is 19.8. The van der Waals surface area contributed by atoms with Gasteiger partial charge in [-0.2, -0.15) is 0 Å². The maximum absolute atomic E-state index is 7.05. The van der Waals surface area contributed by atoms with E-state index in [2.05, 4.69) is 460 Å². The van der Waals surface area contributed by atoms with E-state index in [1.54, 1.807) is 11.3 Å². The van der Waals surface area contributed by atoms with Gasteiger partial charge in [0.25, 0.3) is 0 Å². The first-order valence-corrected chi connectivity index (χ1v) is 50.1. The molecular weight excluding hydrogens is 1820 g/mol. The molecular formula is C132H81N11O3S. The Balaban J connectivity index is 0.000000104. The van der Waals surface area contributed by atoms with Gasteiger partial charge < -0.3 is 36.8 Å². The van der Waals surface area contributed by atoms with Crippen LogP contribution in [0.2, 0.25) is 0 Å². The van der Waals surface area contributed by atoms with Crippen LogP contribution in [-0.4, -0.2) is 43.6 Å². The topological polar surface area (TPSA) is 138 Å². The predicted molar refractivity (Wildman–Crippen MR) is 607 cm³/mol. The maximum Gasteiger partial charge on any atom is 0.161 e. The molecule has 0 N–H and O–H groups in total. The summed E-state index contributed by atoms with van der Waals surface area (Å²) in [5, 5.41) is 18.2. The number of para-hydroxylation sites is 13. The van der Waals surface area contributed by atoms with E-state index in [0.29, 0.717) is 17.5 Å². The molecule has 10 heterocycles. The summed E-state index contributed by atoms with van der Waals surface area (Å²) in [6.45, 7) is 0. The van der Waals surface area contributed by atoms with Crippen molar-refractivity contribution in [1.82, 2.24) is 43.6 Å². The zero-order chi connectivity index (χ0) is 96.7. The summed E-state index contributed by atoms with van der Waals surface area (Å²) in [5.74, 6) is 2.02. The number of hydrogen-bond donors (Lipinski definition) is 0. The van der Waals surface area contributed by atoms with Crippen molar-refractivity contribution in [2.45, 2.75) is 0 Å². The number of benzene rings is 21. The highest BCUT2D eigenvalue weighted by molar-refractivity contribution is 7.26. The normalized spacial score (nSPS) is 11.8. The highest BCUT2D eigenvalue weighted by Gasteiger charge is 2.31. The SMILES string of the molecule is c1ccc(-c2nc(-c3cc4ccccc4c4oc5c(N(c6ccccc6)c6ccccc6)cccc5c34)nc3c2sc2ccccc23)cc1.c1ccc(-n2c3ccccc3c3nc(-c4cc5ccccc5c5oc6c(-n7c8ccccc8c8ccccc87)cccc6c45)ncc32)cc1.c1ccc(N(c2ccccc2)c2cccc3c2oc2c4ccccc4cc(-c4ncc5c(n4)c4ccccc4n5-c4ccccc4)c32)cc1. The lowest BCUT2D eigenvalue weighted by Crippen LogP contribution is -2.09. The highest BCUT2D eigenvalue weighted by Crippen LogP contribution is 2.53. The number of anilines is 6. The maximum atomic E-state index is 7.05. The Morgan fingerprint density at radius 2 is 0.544 bits per heavy atom. The van der Waals surface area contributed by atoms with E-state index < -0.39 is 0 Å². The molecule has 0 saturated carbocycles. The van der Waals surface area contributed by atoms with Crippen molar-refractivity contribution in [3.8, 4) is 62.5 Å². The minimum atomic E-state index is 0.662. The average molecular weight is 1900 g/mol. The van der Waals surface area contributed by atoms with Crippen LogP contribution >= 0.6 is 11.3 Å².